The molecule has 9 heteroatoms. The zero-order valence-electron chi connectivity index (χ0n) is 17.1. The van der Waals surface area contributed by atoms with Gasteiger partial charge in [0, 0.05) is 18.4 Å². The van der Waals surface area contributed by atoms with Crippen molar-refractivity contribution in [3.8, 4) is 17.2 Å². The van der Waals surface area contributed by atoms with Crippen LogP contribution in [0.2, 0.25) is 0 Å². The van der Waals surface area contributed by atoms with Crippen LogP contribution in [0.25, 0.3) is 11.5 Å². The van der Waals surface area contributed by atoms with Gasteiger partial charge in [-0.25, -0.2) is 8.42 Å². The number of nitrogens with zero attached hydrogens (tertiary/aromatic N) is 3. The van der Waals surface area contributed by atoms with Crippen molar-refractivity contribution in [2.75, 3.05) is 19.4 Å². The number of carbonyl (C=O) groups is 1. The Morgan fingerprint density at radius 1 is 1.16 bits per heavy atom. The smallest absolute Gasteiger partial charge is 0.261 e. The van der Waals surface area contributed by atoms with E-state index in [2.05, 4.69) is 10.1 Å². The number of piperidine rings is 1. The summed E-state index contributed by atoms with van der Waals surface area (Å²) in [6, 6.07) is 15.2. The summed E-state index contributed by atoms with van der Waals surface area (Å²) in [5.41, 5.74) is 0.516. The fourth-order valence-corrected chi connectivity index (χ4v) is 4.26. The number of amides is 1. The lowest BCUT2D eigenvalue weighted by Crippen LogP contribution is -2.41. The molecule has 0 spiro atoms. The van der Waals surface area contributed by atoms with Gasteiger partial charge in [0.15, 0.2) is 22.3 Å². The van der Waals surface area contributed by atoms with Gasteiger partial charge < -0.3 is 14.2 Å². The molecule has 1 unspecified atom stereocenters. The molecular weight excluding hydrogens is 418 g/mol. The van der Waals surface area contributed by atoms with E-state index in [0.29, 0.717) is 23.7 Å². The average molecular weight is 442 g/mol. The van der Waals surface area contributed by atoms with E-state index in [9.17, 15) is 13.2 Å². The number of ether oxygens (including phenoxy) is 1. The molecule has 0 bridgehead atoms. The predicted molar refractivity (Wildman–Crippen MR) is 113 cm³/mol. The molecule has 8 nitrogen and oxygen atoms in total. The highest BCUT2D eigenvalue weighted by Crippen LogP contribution is 2.31. The van der Waals surface area contributed by atoms with E-state index < -0.39 is 9.84 Å². The van der Waals surface area contributed by atoms with E-state index >= 15 is 0 Å². The number of carbonyl (C=O) groups excluding carboxylic acids is 1. The quantitative estimate of drug-likeness (QED) is 0.578. The van der Waals surface area contributed by atoms with Crippen LogP contribution in [0.5, 0.6) is 5.75 Å². The minimum atomic E-state index is -3.35. The van der Waals surface area contributed by atoms with Gasteiger partial charge in [-0.2, -0.15) is 4.98 Å². The summed E-state index contributed by atoms with van der Waals surface area (Å²) in [5, 5.41) is 4.09. The van der Waals surface area contributed by atoms with Crippen molar-refractivity contribution in [3.63, 3.8) is 0 Å². The number of sulfone groups is 1. The minimum Gasteiger partial charge on any atom is -0.484 e. The highest BCUT2D eigenvalue weighted by molar-refractivity contribution is 7.90. The molecule has 1 atom stereocenters. The van der Waals surface area contributed by atoms with Gasteiger partial charge in [0.25, 0.3) is 11.8 Å². The Kier molecular flexibility index (Phi) is 6.03. The minimum absolute atomic E-state index is 0.0678. The van der Waals surface area contributed by atoms with Gasteiger partial charge in [0.1, 0.15) is 5.75 Å². The highest BCUT2D eigenvalue weighted by Gasteiger charge is 2.32. The van der Waals surface area contributed by atoms with E-state index in [1.54, 1.807) is 29.2 Å². The third-order valence-electron chi connectivity index (χ3n) is 5.18. The predicted octanol–water partition coefficient (Wildman–Crippen LogP) is 3.27. The maximum Gasteiger partial charge on any atom is 0.261 e. The van der Waals surface area contributed by atoms with Crippen LogP contribution in [0, 0.1) is 0 Å². The van der Waals surface area contributed by atoms with Crippen LogP contribution < -0.4 is 4.74 Å². The lowest BCUT2D eigenvalue weighted by molar-refractivity contribution is -0.137. The van der Waals surface area contributed by atoms with Gasteiger partial charge in [0.2, 0.25) is 0 Å². The Hall–Kier alpha value is -3.20. The highest BCUT2D eigenvalue weighted by atomic mass is 32.2. The van der Waals surface area contributed by atoms with Crippen molar-refractivity contribution in [3.05, 3.63) is 60.4 Å². The van der Waals surface area contributed by atoms with Crippen molar-refractivity contribution in [2.24, 2.45) is 0 Å². The summed E-state index contributed by atoms with van der Waals surface area (Å²) in [5.74, 6) is 1.13. The molecule has 1 aliphatic heterocycles. The molecule has 1 aliphatic rings. The van der Waals surface area contributed by atoms with Gasteiger partial charge in [-0.15, -0.1) is 0 Å². The second-order valence-corrected chi connectivity index (χ2v) is 9.47. The summed E-state index contributed by atoms with van der Waals surface area (Å²) in [6.07, 6.45) is 3.71. The van der Waals surface area contributed by atoms with Crippen molar-refractivity contribution >= 4 is 15.7 Å². The first-order valence-corrected chi connectivity index (χ1v) is 11.9. The molecule has 162 valence electrons. The molecule has 4 rings (SSSR count). The fourth-order valence-electron chi connectivity index (χ4n) is 3.59. The first-order valence-electron chi connectivity index (χ1n) is 10.0. The molecule has 2 heterocycles. The Balaban J connectivity index is 1.51. The van der Waals surface area contributed by atoms with Crippen LogP contribution in [0.4, 0.5) is 0 Å². The van der Waals surface area contributed by atoms with E-state index in [-0.39, 0.29) is 29.3 Å². The molecule has 0 saturated carbocycles. The van der Waals surface area contributed by atoms with E-state index in [1.807, 2.05) is 18.2 Å². The normalized spacial score (nSPS) is 16.8. The molecule has 1 saturated heterocycles. The number of hydrogen-bond acceptors (Lipinski definition) is 7. The molecular formula is C22H23N3O5S. The Bertz CT molecular complexity index is 1160. The molecule has 3 aromatic rings. The number of benzene rings is 2. The van der Waals surface area contributed by atoms with E-state index in [4.69, 9.17) is 9.26 Å². The molecule has 31 heavy (non-hydrogen) atoms. The van der Waals surface area contributed by atoms with Crippen molar-refractivity contribution in [1.82, 2.24) is 15.0 Å². The van der Waals surface area contributed by atoms with E-state index in [0.717, 1.165) is 25.5 Å². The second kappa shape index (κ2) is 8.89. The second-order valence-electron chi connectivity index (χ2n) is 7.46. The number of para-hydroxylation sites is 1. The third kappa shape index (κ3) is 4.93. The number of rotatable bonds is 6. The molecule has 0 N–H and O–H groups in total. The molecule has 1 aromatic heterocycles. The summed E-state index contributed by atoms with van der Waals surface area (Å²) < 4.78 is 34.7. The third-order valence-corrected chi connectivity index (χ3v) is 6.29. The first-order chi connectivity index (χ1) is 14.9. The van der Waals surface area contributed by atoms with Crippen molar-refractivity contribution in [1.29, 1.82) is 0 Å². The Labute approximate surface area is 180 Å². The molecule has 2 aromatic carbocycles. The van der Waals surface area contributed by atoms with Crippen LogP contribution >= 0.6 is 0 Å². The van der Waals surface area contributed by atoms with Crippen molar-refractivity contribution < 1.29 is 22.5 Å². The summed E-state index contributed by atoms with van der Waals surface area (Å²) in [7, 11) is -3.35. The molecule has 0 radical (unpaired) electrons. The van der Waals surface area contributed by atoms with Gasteiger partial charge in [-0.05, 0) is 49.6 Å². The van der Waals surface area contributed by atoms with Crippen LogP contribution in [0.15, 0.2) is 64.0 Å². The van der Waals surface area contributed by atoms with Gasteiger partial charge in [0.05, 0.1) is 10.9 Å². The topological polar surface area (TPSA) is 103 Å². The largest absolute Gasteiger partial charge is 0.484 e. The molecule has 1 amide bonds. The number of hydrogen-bond donors (Lipinski definition) is 0. The summed E-state index contributed by atoms with van der Waals surface area (Å²) in [4.78, 5) is 19.2. The lowest BCUT2D eigenvalue weighted by atomic mass is 10.0. The summed E-state index contributed by atoms with van der Waals surface area (Å²) >= 11 is 0. The van der Waals surface area contributed by atoms with Crippen LogP contribution in [-0.2, 0) is 14.6 Å². The van der Waals surface area contributed by atoms with Crippen LogP contribution in [-0.4, -0.2) is 48.8 Å². The zero-order valence-corrected chi connectivity index (χ0v) is 17.9. The Morgan fingerprint density at radius 3 is 2.74 bits per heavy atom. The van der Waals surface area contributed by atoms with Gasteiger partial charge in [-0.3, -0.25) is 4.79 Å². The van der Waals surface area contributed by atoms with Gasteiger partial charge >= 0.3 is 0 Å². The van der Waals surface area contributed by atoms with Crippen LogP contribution in [0.3, 0.4) is 0 Å². The number of likely N-dealkylation sites (tertiary alicyclic amines) is 1. The number of aromatic nitrogens is 2. The lowest BCUT2D eigenvalue weighted by Gasteiger charge is -2.33. The average Bonchev–Trinajstić information content (AvgIpc) is 3.28. The Morgan fingerprint density at radius 2 is 1.97 bits per heavy atom. The van der Waals surface area contributed by atoms with Crippen molar-refractivity contribution in [2.45, 2.75) is 30.2 Å². The van der Waals surface area contributed by atoms with E-state index in [1.165, 1.54) is 12.1 Å². The van der Waals surface area contributed by atoms with Gasteiger partial charge in [-0.1, -0.05) is 29.4 Å². The first kappa shape index (κ1) is 21.0. The zero-order chi connectivity index (χ0) is 21.8. The standard InChI is InChI=1S/C22H23N3O5S/c1-31(27,28)18-11-7-8-16(14-18)22-23-21(24-30-22)19-12-5-6-13-25(19)20(26)15-29-17-9-3-2-4-10-17/h2-4,7-11,14,19H,5-6,12-13,15H2,1H3. The monoisotopic (exact) mass is 441 g/mol. The fraction of sp³-hybridized carbons (Fsp3) is 0.318. The molecule has 1 fully saturated rings. The SMILES string of the molecule is CS(=O)(=O)c1cccc(-c2nc(C3CCCCN3C(=O)COc3ccccc3)no2)c1. The van der Waals surface area contributed by atoms with Crippen LogP contribution in [0.1, 0.15) is 31.1 Å². The maximum atomic E-state index is 12.8. The summed E-state index contributed by atoms with van der Waals surface area (Å²) in [6.45, 7) is 0.525. The molecule has 0 aliphatic carbocycles. The maximum absolute atomic E-state index is 12.8.